The molecular weight excluding hydrogens is 262 g/mol. The molecule has 0 aromatic carbocycles. The van der Waals surface area contributed by atoms with E-state index in [1.807, 2.05) is 17.9 Å². The third kappa shape index (κ3) is 4.16. The third-order valence-electron chi connectivity index (χ3n) is 3.75. The fourth-order valence-electron chi connectivity index (χ4n) is 2.61. The molecule has 2 rings (SSSR count). The average molecular weight is 282 g/mol. The normalized spacial score (nSPS) is 16.7. The van der Waals surface area contributed by atoms with Crippen molar-refractivity contribution in [2.24, 2.45) is 5.92 Å². The Bertz CT molecular complexity index is 436. The van der Waals surface area contributed by atoms with E-state index < -0.39 is 0 Å². The first-order valence-corrected chi connectivity index (χ1v) is 7.18. The first kappa shape index (κ1) is 14.3. The molecule has 0 bridgehead atoms. The number of amides is 1. The van der Waals surface area contributed by atoms with Crippen molar-refractivity contribution < 1.29 is 4.79 Å². The van der Waals surface area contributed by atoms with Crippen molar-refractivity contribution >= 4 is 17.5 Å². The van der Waals surface area contributed by atoms with Gasteiger partial charge >= 0.3 is 0 Å². The summed E-state index contributed by atoms with van der Waals surface area (Å²) in [5.74, 6) is 0.876. The molecule has 1 aliphatic heterocycles. The first-order chi connectivity index (χ1) is 9.04. The zero-order valence-corrected chi connectivity index (χ0v) is 12.3. The Balaban J connectivity index is 1.82. The summed E-state index contributed by atoms with van der Waals surface area (Å²) in [6.45, 7) is 5.36. The number of aryl methyl sites for hydroxylation is 2. The Labute approximate surface area is 119 Å². The van der Waals surface area contributed by atoms with Crippen LogP contribution in [0.2, 0.25) is 5.28 Å². The van der Waals surface area contributed by atoms with Crippen LogP contribution in [0.15, 0.2) is 6.07 Å². The maximum Gasteiger partial charge on any atom is 0.222 e. The molecule has 1 aromatic heterocycles. The van der Waals surface area contributed by atoms with Gasteiger partial charge in [0.05, 0.1) is 0 Å². The number of carbonyl (C=O) groups excluding carboxylic acids is 1. The average Bonchev–Trinajstić information content (AvgIpc) is 2.36. The molecule has 1 aliphatic rings. The highest BCUT2D eigenvalue weighted by Gasteiger charge is 2.20. The summed E-state index contributed by atoms with van der Waals surface area (Å²) in [7, 11) is 0. The Morgan fingerprint density at radius 2 is 2.11 bits per heavy atom. The molecule has 0 spiro atoms. The smallest absolute Gasteiger partial charge is 0.222 e. The van der Waals surface area contributed by atoms with Crippen LogP contribution >= 0.6 is 11.6 Å². The summed E-state index contributed by atoms with van der Waals surface area (Å²) < 4.78 is 0. The quantitative estimate of drug-likeness (QED) is 0.800. The van der Waals surface area contributed by atoms with E-state index in [-0.39, 0.29) is 5.91 Å². The molecule has 1 fully saturated rings. The molecule has 0 aliphatic carbocycles. The van der Waals surface area contributed by atoms with Crippen LogP contribution < -0.4 is 0 Å². The van der Waals surface area contributed by atoms with Gasteiger partial charge in [0.25, 0.3) is 0 Å². The van der Waals surface area contributed by atoms with E-state index in [0.717, 1.165) is 50.2 Å². The molecule has 19 heavy (non-hydrogen) atoms. The Morgan fingerprint density at radius 3 is 2.68 bits per heavy atom. The van der Waals surface area contributed by atoms with Gasteiger partial charge < -0.3 is 4.90 Å². The van der Waals surface area contributed by atoms with Crippen LogP contribution in [-0.4, -0.2) is 33.9 Å². The summed E-state index contributed by atoms with van der Waals surface area (Å²) in [5, 5.41) is 0.335. The number of aromatic nitrogens is 2. The first-order valence-electron chi connectivity index (χ1n) is 6.80. The van der Waals surface area contributed by atoms with Gasteiger partial charge in [0.15, 0.2) is 0 Å². The fraction of sp³-hybridized carbons (Fsp3) is 0.643. The second kappa shape index (κ2) is 6.33. The van der Waals surface area contributed by atoms with Crippen molar-refractivity contribution in [1.82, 2.24) is 14.9 Å². The second-order valence-corrected chi connectivity index (χ2v) is 5.60. The molecule has 1 aromatic rings. The maximum absolute atomic E-state index is 11.3. The molecule has 104 valence electrons. The van der Waals surface area contributed by atoms with Crippen molar-refractivity contribution in [2.45, 2.75) is 39.5 Å². The van der Waals surface area contributed by atoms with E-state index in [0.29, 0.717) is 11.2 Å². The van der Waals surface area contributed by atoms with Gasteiger partial charge in [-0.05, 0) is 56.2 Å². The SMILES string of the molecule is CC(=O)N1CCC(CCc2cc(C)nc(Cl)n2)CC1. The molecule has 2 heterocycles. The molecule has 0 atom stereocenters. The van der Waals surface area contributed by atoms with E-state index in [2.05, 4.69) is 9.97 Å². The van der Waals surface area contributed by atoms with Gasteiger partial charge in [0.2, 0.25) is 11.2 Å². The van der Waals surface area contributed by atoms with Crippen molar-refractivity contribution in [3.05, 3.63) is 22.7 Å². The lowest BCUT2D eigenvalue weighted by molar-refractivity contribution is -0.130. The van der Waals surface area contributed by atoms with Gasteiger partial charge in [-0.3, -0.25) is 4.79 Å². The topological polar surface area (TPSA) is 46.1 Å². The zero-order chi connectivity index (χ0) is 13.8. The molecule has 1 saturated heterocycles. The van der Waals surface area contributed by atoms with Crippen molar-refractivity contribution in [1.29, 1.82) is 0 Å². The minimum absolute atomic E-state index is 0.191. The predicted molar refractivity (Wildman–Crippen MR) is 75.1 cm³/mol. The molecule has 4 nitrogen and oxygen atoms in total. The molecule has 1 amide bonds. The number of halogens is 1. The van der Waals surface area contributed by atoms with Crippen molar-refractivity contribution in [2.75, 3.05) is 13.1 Å². The van der Waals surface area contributed by atoms with E-state index in [4.69, 9.17) is 11.6 Å². The number of hydrogen-bond acceptors (Lipinski definition) is 3. The van der Waals surface area contributed by atoms with Crippen LogP contribution in [-0.2, 0) is 11.2 Å². The lowest BCUT2D eigenvalue weighted by Crippen LogP contribution is -2.37. The van der Waals surface area contributed by atoms with Crippen LogP contribution in [0.3, 0.4) is 0 Å². The van der Waals surface area contributed by atoms with E-state index in [1.165, 1.54) is 0 Å². The monoisotopic (exact) mass is 281 g/mol. The summed E-state index contributed by atoms with van der Waals surface area (Å²) in [5.41, 5.74) is 1.94. The Kier molecular flexibility index (Phi) is 4.75. The van der Waals surface area contributed by atoms with Crippen molar-refractivity contribution in [3.8, 4) is 0 Å². The van der Waals surface area contributed by atoms with Gasteiger partial charge in [-0.1, -0.05) is 0 Å². The Morgan fingerprint density at radius 1 is 1.42 bits per heavy atom. The predicted octanol–water partition coefficient (Wildman–Crippen LogP) is 2.63. The molecule has 0 N–H and O–H groups in total. The van der Waals surface area contributed by atoms with E-state index in [1.54, 1.807) is 6.92 Å². The van der Waals surface area contributed by atoms with Crippen LogP contribution in [0.25, 0.3) is 0 Å². The van der Waals surface area contributed by atoms with E-state index >= 15 is 0 Å². The summed E-state index contributed by atoms with van der Waals surface area (Å²) in [4.78, 5) is 21.5. The third-order valence-corrected chi connectivity index (χ3v) is 3.92. The largest absolute Gasteiger partial charge is 0.343 e. The van der Waals surface area contributed by atoms with Gasteiger partial charge in [-0.2, -0.15) is 0 Å². The van der Waals surface area contributed by atoms with Gasteiger partial charge in [0.1, 0.15) is 0 Å². The number of likely N-dealkylation sites (tertiary alicyclic amines) is 1. The van der Waals surface area contributed by atoms with Crippen molar-refractivity contribution in [3.63, 3.8) is 0 Å². The van der Waals surface area contributed by atoms with Gasteiger partial charge in [0, 0.05) is 31.4 Å². The summed E-state index contributed by atoms with van der Waals surface area (Å²) >= 11 is 5.86. The number of rotatable bonds is 3. The highest BCUT2D eigenvalue weighted by molar-refractivity contribution is 6.28. The maximum atomic E-state index is 11.3. The highest BCUT2D eigenvalue weighted by Crippen LogP contribution is 2.22. The van der Waals surface area contributed by atoms with Crippen LogP contribution in [0.5, 0.6) is 0 Å². The molecular formula is C14H20ClN3O. The molecule has 0 saturated carbocycles. The number of carbonyl (C=O) groups is 1. The number of piperidine rings is 1. The lowest BCUT2D eigenvalue weighted by Gasteiger charge is -2.31. The number of nitrogens with zero attached hydrogens (tertiary/aromatic N) is 3. The molecule has 0 radical (unpaired) electrons. The highest BCUT2D eigenvalue weighted by atomic mass is 35.5. The van der Waals surface area contributed by atoms with Crippen LogP contribution in [0, 0.1) is 12.8 Å². The van der Waals surface area contributed by atoms with Crippen LogP contribution in [0.4, 0.5) is 0 Å². The standard InChI is InChI=1S/C14H20ClN3O/c1-10-9-13(17-14(15)16-10)4-3-12-5-7-18(8-6-12)11(2)19/h9,12H,3-8H2,1-2H3. The number of hydrogen-bond donors (Lipinski definition) is 0. The fourth-order valence-corrected chi connectivity index (χ4v) is 2.85. The second-order valence-electron chi connectivity index (χ2n) is 5.26. The Hall–Kier alpha value is -1.16. The van der Waals surface area contributed by atoms with E-state index in [9.17, 15) is 4.79 Å². The van der Waals surface area contributed by atoms with Crippen LogP contribution in [0.1, 0.15) is 37.6 Å². The van der Waals surface area contributed by atoms with Gasteiger partial charge in [-0.25, -0.2) is 9.97 Å². The van der Waals surface area contributed by atoms with Gasteiger partial charge in [-0.15, -0.1) is 0 Å². The minimum atomic E-state index is 0.191. The zero-order valence-electron chi connectivity index (χ0n) is 11.5. The summed E-state index contributed by atoms with van der Waals surface area (Å²) in [6, 6.07) is 2.00. The minimum Gasteiger partial charge on any atom is -0.343 e. The summed E-state index contributed by atoms with van der Waals surface area (Å²) in [6.07, 6.45) is 4.24. The molecule has 5 heteroatoms. The lowest BCUT2D eigenvalue weighted by atomic mass is 9.91. The molecule has 0 unspecified atom stereocenters.